The van der Waals surface area contributed by atoms with Crippen molar-refractivity contribution < 1.29 is 8.78 Å². The summed E-state index contributed by atoms with van der Waals surface area (Å²) in [7, 11) is 0. The maximum Gasteiger partial charge on any atom is 0.276 e. The fourth-order valence-corrected chi connectivity index (χ4v) is 2.69. The largest absolute Gasteiger partial charge is 0.314 e. The minimum atomic E-state index is -2.64. The van der Waals surface area contributed by atoms with E-state index in [-0.39, 0.29) is 5.56 Å². The van der Waals surface area contributed by atoms with Crippen LogP contribution in [0.4, 0.5) is 8.78 Å². The van der Waals surface area contributed by atoms with E-state index >= 15 is 0 Å². The first-order chi connectivity index (χ1) is 9.16. The summed E-state index contributed by atoms with van der Waals surface area (Å²) in [5.41, 5.74) is 1.20. The number of halogens is 2. The molecule has 1 aromatic carbocycles. The van der Waals surface area contributed by atoms with Gasteiger partial charge >= 0.3 is 0 Å². The zero-order valence-electron chi connectivity index (χ0n) is 11.0. The molecule has 0 aromatic heterocycles. The second-order valence-electron chi connectivity index (χ2n) is 5.62. The van der Waals surface area contributed by atoms with Crippen molar-refractivity contribution >= 4 is 0 Å². The fraction of sp³-hybridized carbons (Fsp3) is 0.600. The molecule has 1 aliphatic heterocycles. The molecule has 2 fully saturated rings. The van der Waals surface area contributed by atoms with Crippen molar-refractivity contribution in [3.63, 3.8) is 0 Å². The predicted octanol–water partition coefficient (Wildman–Crippen LogP) is 2.59. The number of nitrogens with zero attached hydrogens (tertiary/aromatic N) is 1. The molecule has 3 rings (SSSR count). The summed E-state index contributed by atoms with van der Waals surface area (Å²) in [5, 5.41) is 3.30. The molecule has 4 heteroatoms. The number of piperazine rings is 1. The third-order valence-corrected chi connectivity index (χ3v) is 4.02. The summed E-state index contributed by atoms with van der Waals surface area (Å²) >= 11 is 0. The SMILES string of the molecule is FC(F)(c1cccc(CN2CCNCC2)c1)C1CC1. The lowest BCUT2D eigenvalue weighted by Crippen LogP contribution is -2.42. The Hall–Kier alpha value is -1.00. The summed E-state index contributed by atoms with van der Waals surface area (Å²) in [6.07, 6.45) is 1.32. The third-order valence-electron chi connectivity index (χ3n) is 4.02. The minimum absolute atomic E-state index is 0.197. The van der Waals surface area contributed by atoms with Gasteiger partial charge in [-0.1, -0.05) is 18.2 Å². The van der Waals surface area contributed by atoms with Crippen molar-refractivity contribution in [2.24, 2.45) is 5.92 Å². The standard InChI is InChI=1S/C15H20F2N2/c16-15(17,13-4-5-13)14-3-1-2-12(10-14)11-19-8-6-18-7-9-19/h1-3,10,13,18H,4-9,11H2. The zero-order valence-corrected chi connectivity index (χ0v) is 11.0. The first-order valence-corrected chi connectivity index (χ1v) is 7.06. The number of nitrogens with one attached hydrogen (secondary N) is 1. The summed E-state index contributed by atoms with van der Waals surface area (Å²) < 4.78 is 28.2. The van der Waals surface area contributed by atoms with E-state index in [0.717, 1.165) is 38.3 Å². The molecule has 0 spiro atoms. The van der Waals surface area contributed by atoms with Crippen LogP contribution in [0.2, 0.25) is 0 Å². The van der Waals surface area contributed by atoms with Gasteiger partial charge in [0.15, 0.2) is 0 Å². The molecule has 0 bridgehead atoms. The van der Waals surface area contributed by atoms with Crippen LogP contribution in [-0.4, -0.2) is 31.1 Å². The summed E-state index contributed by atoms with van der Waals surface area (Å²) in [6, 6.07) is 6.98. The molecule has 0 atom stereocenters. The summed E-state index contributed by atoms with van der Waals surface area (Å²) in [5.74, 6) is -3.07. The van der Waals surface area contributed by atoms with Crippen molar-refractivity contribution in [2.75, 3.05) is 26.2 Å². The van der Waals surface area contributed by atoms with E-state index in [2.05, 4.69) is 10.2 Å². The Labute approximate surface area is 112 Å². The van der Waals surface area contributed by atoms with E-state index in [0.29, 0.717) is 12.8 Å². The summed E-state index contributed by atoms with van der Waals surface area (Å²) in [4.78, 5) is 2.31. The highest BCUT2D eigenvalue weighted by Gasteiger charge is 2.47. The molecule has 1 N–H and O–H groups in total. The molecule has 19 heavy (non-hydrogen) atoms. The maximum atomic E-state index is 14.1. The Morgan fingerprint density at radius 2 is 1.95 bits per heavy atom. The van der Waals surface area contributed by atoms with Crippen molar-refractivity contribution in [1.82, 2.24) is 10.2 Å². The highest BCUT2D eigenvalue weighted by molar-refractivity contribution is 5.28. The predicted molar refractivity (Wildman–Crippen MR) is 71.2 cm³/mol. The van der Waals surface area contributed by atoms with Gasteiger partial charge in [-0.2, -0.15) is 0 Å². The third kappa shape index (κ3) is 2.95. The quantitative estimate of drug-likeness (QED) is 0.901. The van der Waals surface area contributed by atoms with Gasteiger partial charge < -0.3 is 5.32 Å². The van der Waals surface area contributed by atoms with Crippen LogP contribution < -0.4 is 5.32 Å². The molecule has 0 radical (unpaired) electrons. The first kappa shape index (κ1) is 13.0. The maximum absolute atomic E-state index is 14.1. The highest BCUT2D eigenvalue weighted by atomic mass is 19.3. The Kier molecular flexibility index (Phi) is 3.54. The number of hydrogen-bond donors (Lipinski definition) is 1. The van der Waals surface area contributed by atoms with Crippen LogP contribution in [0.1, 0.15) is 24.0 Å². The van der Waals surface area contributed by atoms with Crippen LogP contribution in [0.25, 0.3) is 0 Å². The van der Waals surface area contributed by atoms with Crippen molar-refractivity contribution in [1.29, 1.82) is 0 Å². The van der Waals surface area contributed by atoms with Gasteiger partial charge in [-0.15, -0.1) is 0 Å². The smallest absolute Gasteiger partial charge is 0.276 e. The van der Waals surface area contributed by atoms with Crippen LogP contribution in [0, 0.1) is 5.92 Å². The molecule has 1 aromatic rings. The molecule has 104 valence electrons. The molecule has 2 nitrogen and oxygen atoms in total. The van der Waals surface area contributed by atoms with Crippen LogP contribution in [0.5, 0.6) is 0 Å². The van der Waals surface area contributed by atoms with E-state index in [9.17, 15) is 8.78 Å². The van der Waals surface area contributed by atoms with Gasteiger partial charge in [-0.3, -0.25) is 4.90 Å². The number of hydrogen-bond acceptors (Lipinski definition) is 2. The molecule has 1 saturated carbocycles. The van der Waals surface area contributed by atoms with Gasteiger partial charge in [0, 0.05) is 44.2 Å². The van der Waals surface area contributed by atoms with Gasteiger partial charge in [-0.25, -0.2) is 8.78 Å². The van der Waals surface area contributed by atoms with E-state index in [1.165, 1.54) is 0 Å². The Morgan fingerprint density at radius 1 is 1.21 bits per heavy atom. The Balaban J connectivity index is 1.72. The Bertz CT molecular complexity index is 438. The minimum Gasteiger partial charge on any atom is -0.314 e. The van der Waals surface area contributed by atoms with Crippen LogP contribution >= 0.6 is 0 Å². The molecular weight excluding hydrogens is 246 g/mol. The summed E-state index contributed by atoms with van der Waals surface area (Å²) in [6.45, 7) is 4.72. The lowest BCUT2D eigenvalue weighted by Gasteiger charge is -2.27. The van der Waals surface area contributed by atoms with E-state index in [4.69, 9.17) is 0 Å². The second-order valence-corrected chi connectivity index (χ2v) is 5.62. The lowest BCUT2D eigenvalue weighted by molar-refractivity contribution is -0.0286. The number of alkyl halides is 2. The van der Waals surface area contributed by atoms with Crippen molar-refractivity contribution in [3.05, 3.63) is 35.4 Å². The monoisotopic (exact) mass is 266 g/mol. The van der Waals surface area contributed by atoms with Gasteiger partial charge in [0.2, 0.25) is 0 Å². The molecule has 1 saturated heterocycles. The lowest BCUT2D eigenvalue weighted by atomic mass is 10.0. The van der Waals surface area contributed by atoms with Gasteiger partial charge in [-0.05, 0) is 24.5 Å². The van der Waals surface area contributed by atoms with Crippen LogP contribution in [0.15, 0.2) is 24.3 Å². The van der Waals surface area contributed by atoms with Crippen molar-refractivity contribution in [2.45, 2.75) is 25.3 Å². The molecule has 1 heterocycles. The molecule has 1 aliphatic carbocycles. The van der Waals surface area contributed by atoms with Gasteiger partial charge in [0.1, 0.15) is 0 Å². The average Bonchev–Trinajstić information content (AvgIpc) is 3.25. The average molecular weight is 266 g/mol. The normalized spacial score (nSPS) is 21.6. The van der Waals surface area contributed by atoms with Gasteiger partial charge in [0.05, 0.1) is 0 Å². The molecule has 2 aliphatic rings. The second kappa shape index (κ2) is 5.17. The Morgan fingerprint density at radius 3 is 2.63 bits per heavy atom. The van der Waals surface area contributed by atoms with Crippen LogP contribution in [0.3, 0.4) is 0 Å². The van der Waals surface area contributed by atoms with Crippen LogP contribution in [-0.2, 0) is 12.5 Å². The number of rotatable bonds is 4. The van der Waals surface area contributed by atoms with Gasteiger partial charge in [0.25, 0.3) is 5.92 Å². The van der Waals surface area contributed by atoms with E-state index < -0.39 is 11.8 Å². The molecule has 0 unspecified atom stereocenters. The molecule has 0 amide bonds. The van der Waals surface area contributed by atoms with Crippen molar-refractivity contribution in [3.8, 4) is 0 Å². The zero-order chi connectivity index (χ0) is 13.3. The van der Waals surface area contributed by atoms with E-state index in [1.54, 1.807) is 18.2 Å². The molecular formula is C15H20F2N2. The van der Waals surface area contributed by atoms with E-state index in [1.807, 2.05) is 6.07 Å². The fourth-order valence-electron chi connectivity index (χ4n) is 2.69. The topological polar surface area (TPSA) is 15.3 Å². The highest BCUT2D eigenvalue weighted by Crippen LogP contribution is 2.49. The number of benzene rings is 1. The first-order valence-electron chi connectivity index (χ1n) is 7.06.